The zero-order valence-electron chi connectivity index (χ0n) is 15.2. The van der Waals surface area contributed by atoms with Crippen molar-refractivity contribution in [3.05, 3.63) is 65.7 Å². The lowest BCUT2D eigenvalue weighted by atomic mass is 9.78. The fourth-order valence-electron chi connectivity index (χ4n) is 3.51. The van der Waals surface area contributed by atoms with Gasteiger partial charge in [0.1, 0.15) is 23.4 Å². The minimum Gasteiger partial charge on any atom is -0.508 e. The van der Waals surface area contributed by atoms with Crippen LogP contribution in [0.5, 0.6) is 17.2 Å². The SMILES string of the molecule is C=CCc1cc2c(cc1O)C(C)(C)C(CCc1ccc(OC)cc1)O2. The highest BCUT2D eigenvalue weighted by Crippen LogP contribution is 2.46. The molecule has 0 radical (unpaired) electrons. The van der Waals surface area contributed by atoms with Crippen LogP contribution >= 0.6 is 0 Å². The maximum atomic E-state index is 10.3. The maximum absolute atomic E-state index is 10.3. The molecular formula is C22H26O3. The van der Waals surface area contributed by atoms with Crippen LogP contribution in [0.15, 0.2) is 49.1 Å². The molecule has 2 aromatic carbocycles. The quantitative estimate of drug-likeness (QED) is 0.769. The number of ether oxygens (including phenoxy) is 2. The standard InChI is InChI=1S/C22H26O3/c1-5-6-16-13-20-18(14-19(16)23)22(2,3)21(25-20)12-9-15-7-10-17(24-4)11-8-15/h5,7-8,10-11,13-14,21,23H,1,6,9,12H2,2-4H3. The predicted molar refractivity (Wildman–Crippen MR) is 101 cm³/mol. The van der Waals surface area contributed by atoms with Gasteiger partial charge in [-0.3, -0.25) is 0 Å². The van der Waals surface area contributed by atoms with Crippen LogP contribution < -0.4 is 9.47 Å². The van der Waals surface area contributed by atoms with E-state index in [0.717, 1.165) is 35.5 Å². The molecule has 1 heterocycles. The first-order valence-corrected chi connectivity index (χ1v) is 8.72. The third kappa shape index (κ3) is 3.37. The molecule has 0 spiro atoms. The Morgan fingerprint density at radius 1 is 1.24 bits per heavy atom. The van der Waals surface area contributed by atoms with Crippen LogP contribution in [0.3, 0.4) is 0 Å². The Morgan fingerprint density at radius 2 is 1.96 bits per heavy atom. The lowest BCUT2D eigenvalue weighted by Gasteiger charge is -2.26. The summed E-state index contributed by atoms with van der Waals surface area (Å²) in [7, 11) is 1.68. The largest absolute Gasteiger partial charge is 0.508 e. The van der Waals surface area contributed by atoms with E-state index in [1.54, 1.807) is 13.2 Å². The van der Waals surface area contributed by atoms with E-state index in [-0.39, 0.29) is 11.5 Å². The Hall–Kier alpha value is -2.42. The number of fused-ring (bicyclic) bond motifs is 1. The summed E-state index contributed by atoms with van der Waals surface area (Å²) in [6.45, 7) is 8.12. The van der Waals surface area contributed by atoms with E-state index in [4.69, 9.17) is 9.47 Å². The average molecular weight is 338 g/mol. The maximum Gasteiger partial charge on any atom is 0.124 e. The van der Waals surface area contributed by atoms with Gasteiger partial charge in [0, 0.05) is 16.5 Å². The fraction of sp³-hybridized carbons (Fsp3) is 0.364. The van der Waals surface area contributed by atoms with Gasteiger partial charge in [0.25, 0.3) is 0 Å². The smallest absolute Gasteiger partial charge is 0.124 e. The number of aryl methyl sites for hydroxylation is 1. The lowest BCUT2D eigenvalue weighted by molar-refractivity contribution is 0.155. The second kappa shape index (κ2) is 6.83. The summed E-state index contributed by atoms with van der Waals surface area (Å²) in [6.07, 6.45) is 4.38. The van der Waals surface area contributed by atoms with Crippen LogP contribution in [0.1, 0.15) is 37.0 Å². The van der Waals surface area contributed by atoms with Crippen LogP contribution in [0, 0.1) is 0 Å². The molecule has 3 heteroatoms. The minimum absolute atomic E-state index is 0.0861. The zero-order chi connectivity index (χ0) is 18.0. The van der Waals surface area contributed by atoms with Crippen LogP contribution in [-0.4, -0.2) is 18.3 Å². The molecule has 0 bridgehead atoms. The van der Waals surface area contributed by atoms with E-state index >= 15 is 0 Å². The van der Waals surface area contributed by atoms with Gasteiger partial charge < -0.3 is 14.6 Å². The fourth-order valence-corrected chi connectivity index (χ4v) is 3.51. The molecule has 0 saturated carbocycles. The summed E-state index contributed by atoms with van der Waals surface area (Å²) in [6, 6.07) is 12.0. The van der Waals surface area contributed by atoms with Crippen molar-refractivity contribution in [3.63, 3.8) is 0 Å². The number of phenols is 1. The third-order valence-electron chi connectivity index (χ3n) is 5.17. The van der Waals surface area contributed by atoms with E-state index in [1.807, 2.05) is 24.3 Å². The van der Waals surface area contributed by atoms with Crippen molar-refractivity contribution in [2.24, 2.45) is 0 Å². The van der Waals surface area contributed by atoms with Gasteiger partial charge in [-0.2, -0.15) is 0 Å². The number of hydrogen-bond acceptors (Lipinski definition) is 3. The summed E-state index contributed by atoms with van der Waals surface area (Å²) in [5, 5.41) is 10.3. The van der Waals surface area contributed by atoms with E-state index in [2.05, 4.69) is 32.6 Å². The molecule has 1 atom stereocenters. The van der Waals surface area contributed by atoms with Gasteiger partial charge in [0.15, 0.2) is 0 Å². The van der Waals surface area contributed by atoms with Crippen molar-refractivity contribution in [2.45, 2.75) is 44.6 Å². The molecule has 1 unspecified atom stereocenters. The van der Waals surface area contributed by atoms with Crippen molar-refractivity contribution in [1.29, 1.82) is 0 Å². The number of methoxy groups -OCH3 is 1. The number of phenolic OH excluding ortho intramolecular Hbond substituents is 1. The molecule has 0 aromatic heterocycles. The highest BCUT2D eigenvalue weighted by Gasteiger charge is 2.41. The molecular weight excluding hydrogens is 312 g/mol. The molecule has 132 valence electrons. The molecule has 0 aliphatic carbocycles. The van der Waals surface area contributed by atoms with Crippen LogP contribution in [0.4, 0.5) is 0 Å². The number of hydrogen-bond donors (Lipinski definition) is 1. The van der Waals surface area contributed by atoms with Gasteiger partial charge in [-0.25, -0.2) is 0 Å². The lowest BCUT2D eigenvalue weighted by Crippen LogP contribution is -2.32. The first kappa shape index (κ1) is 17.4. The highest BCUT2D eigenvalue weighted by atomic mass is 16.5. The molecule has 25 heavy (non-hydrogen) atoms. The van der Waals surface area contributed by atoms with Gasteiger partial charge in [-0.1, -0.05) is 32.1 Å². The Kier molecular flexibility index (Phi) is 4.76. The van der Waals surface area contributed by atoms with Crippen molar-refractivity contribution < 1.29 is 14.6 Å². The van der Waals surface area contributed by atoms with Gasteiger partial charge in [-0.15, -0.1) is 6.58 Å². The second-order valence-electron chi connectivity index (χ2n) is 7.18. The molecule has 1 N–H and O–H groups in total. The first-order valence-electron chi connectivity index (χ1n) is 8.72. The highest BCUT2D eigenvalue weighted by molar-refractivity contribution is 5.52. The summed E-state index contributed by atoms with van der Waals surface area (Å²) in [5.74, 6) is 2.09. The van der Waals surface area contributed by atoms with Crippen LogP contribution in [0.2, 0.25) is 0 Å². The van der Waals surface area contributed by atoms with E-state index in [9.17, 15) is 5.11 Å². The first-order chi connectivity index (χ1) is 12.0. The van der Waals surface area contributed by atoms with E-state index in [1.165, 1.54) is 5.56 Å². The molecule has 3 nitrogen and oxygen atoms in total. The van der Waals surface area contributed by atoms with E-state index < -0.39 is 0 Å². The number of rotatable bonds is 6. The van der Waals surface area contributed by atoms with Crippen molar-refractivity contribution in [3.8, 4) is 17.2 Å². The minimum atomic E-state index is -0.133. The number of allylic oxidation sites excluding steroid dienone is 1. The van der Waals surface area contributed by atoms with Gasteiger partial charge >= 0.3 is 0 Å². The molecule has 0 amide bonds. The zero-order valence-corrected chi connectivity index (χ0v) is 15.2. The van der Waals surface area contributed by atoms with Gasteiger partial charge in [0.2, 0.25) is 0 Å². The summed E-state index contributed by atoms with van der Waals surface area (Å²) in [5.41, 5.74) is 3.08. The van der Waals surface area contributed by atoms with Crippen molar-refractivity contribution >= 4 is 0 Å². The predicted octanol–water partition coefficient (Wildman–Crippen LogP) is 4.80. The monoisotopic (exact) mass is 338 g/mol. The molecule has 1 aliphatic rings. The number of aromatic hydroxyl groups is 1. The molecule has 3 rings (SSSR count). The molecule has 2 aromatic rings. The Bertz CT molecular complexity index is 760. The van der Waals surface area contributed by atoms with Crippen molar-refractivity contribution in [1.82, 2.24) is 0 Å². The Morgan fingerprint density at radius 3 is 2.60 bits per heavy atom. The molecule has 1 aliphatic heterocycles. The van der Waals surface area contributed by atoms with Gasteiger partial charge in [0.05, 0.1) is 7.11 Å². The van der Waals surface area contributed by atoms with Crippen molar-refractivity contribution in [2.75, 3.05) is 7.11 Å². The molecule has 0 saturated heterocycles. The van der Waals surface area contributed by atoms with Crippen LogP contribution in [0.25, 0.3) is 0 Å². The number of benzene rings is 2. The van der Waals surface area contributed by atoms with Gasteiger partial charge in [-0.05, 0) is 49.1 Å². The summed E-state index contributed by atoms with van der Waals surface area (Å²) >= 11 is 0. The third-order valence-corrected chi connectivity index (χ3v) is 5.17. The second-order valence-corrected chi connectivity index (χ2v) is 7.18. The average Bonchev–Trinajstić information content (AvgIpc) is 2.84. The van der Waals surface area contributed by atoms with Crippen LogP contribution in [-0.2, 0) is 18.3 Å². The summed E-state index contributed by atoms with van der Waals surface area (Å²) in [4.78, 5) is 0. The Balaban J connectivity index is 1.75. The van der Waals surface area contributed by atoms with E-state index in [0.29, 0.717) is 12.2 Å². The summed E-state index contributed by atoms with van der Waals surface area (Å²) < 4.78 is 11.5. The molecule has 0 fully saturated rings. The normalized spacial score (nSPS) is 17.6. The Labute approximate surface area is 149 Å². The topological polar surface area (TPSA) is 38.7 Å².